The molecule has 1 heterocycles. The van der Waals surface area contributed by atoms with E-state index in [1.54, 1.807) is 7.11 Å². The Morgan fingerprint density at radius 2 is 1.79 bits per heavy atom. The van der Waals surface area contributed by atoms with Crippen LogP contribution in [0.1, 0.15) is 40.4 Å². The van der Waals surface area contributed by atoms with E-state index >= 15 is 0 Å². The molecule has 2 rings (SSSR count). The molecule has 7 heteroatoms. The molecule has 0 saturated heterocycles. The quantitative estimate of drug-likeness (QED) is 0.840. The van der Waals surface area contributed by atoms with Crippen LogP contribution in [0.5, 0.6) is 5.75 Å². The summed E-state index contributed by atoms with van der Waals surface area (Å²) in [7, 11) is 1.60. The standard InChI is InChI=1S/C17H19N3O4/c1-17(2,8-11-6-4-5-7-14(11)24-3)20-15(21)12-9-19-13(10-18-12)16(22)23/h4-7,9-10H,8H2,1-3H3,(H,20,21)(H,22,23). The highest BCUT2D eigenvalue weighted by Gasteiger charge is 2.24. The number of benzene rings is 1. The number of amides is 1. The van der Waals surface area contributed by atoms with Crippen molar-refractivity contribution in [1.82, 2.24) is 15.3 Å². The van der Waals surface area contributed by atoms with Crippen molar-refractivity contribution in [2.75, 3.05) is 7.11 Å². The SMILES string of the molecule is COc1ccccc1CC(C)(C)NC(=O)c1cnc(C(=O)O)cn1. The molecule has 1 aromatic carbocycles. The lowest BCUT2D eigenvalue weighted by Crippen LogP contribution is -2.45. The zero-order chi connectivity index (χ0) is 17.7. The lowest BCUT2D eigenvalue weighted by Gasteiger charge is -2.27. The topological polar surface area (TPSA) is 101 Å². The molecule has 7 nitrogen and oxygen atoms in total. The van der Waals surface area contributed by atoms with E-state index in [1.165, 1.54) is 0 Å². The first-order valence-electron chi connectivity index (χ1n) is 7.32. The van der Waals surface area contributed by atoms with Crippen LogP contribution in [-0.2, 0) is 6.42 Å². The number of ether oxygens (including phenoxy) is 1. The van der Waals surface area contributed by atoms with E-state index in [4.69, 9.17) is 9.84 Å². The molecule has 0 aliphatic rings. The van der Waals surface area contributed by atoms with Crippen LogP contribution in [0.25, 0.3) is 0 Å². The fourth-order valence-electron chi connectivity index (χ4n) is 2.30. The number of nitrogens with one attached hydrogen (secondary N) is 1. The third-order valence-electron chi connectivity index (χ3n) is 3.38. The van der Waals surface area contributed by atoms with Crippen molar-refractivity contribution in [3.05, 3.63) is 53.6 Å². The maximum Gasteiger partial charge on any atom is 0.356 e. The van der Waals surface area contributed by atoms with Gasteiger partial charge in [0.05, 0.1) is 19.5 Å². The lowest BCUT2D eigenvalue weighted by atomic mass is 9.94. The average molecular weight is 329 g/mol. The number of aromatic carboxylic acids is 1. The summed E-state index contributed by atoms with van der Waals surface area (Å²) >= 11 is 0. The molecule has 0 saturated carbocycles. The first-order valence-corrected chi connectivity index (χ1v) is 7.32. The van der Waals surface area contributed by atoms with Gasteiger partial charge in [-0.1, -0.05) is 18.2 Å². The molecule has 2 N–H and O–H groups in total. The second-order valence-electron chi connectivity index (χ2n) is 5.92. The highest BCUT2D eigenvalue weighted by molar-refractivity contribution is 5.93. The van der Waals surface area contributed by atoms with Crippen molar-refractivity contribution in [3.63, 3.8) is 0 Å². The highest BCUT2D eigenvalue weighted by atomic mass is 16.5. The zero-order valence-electron chi connectivity index (χ0n) is 13.7. The van der Waals surface area contributed by atoms with Crippen molar-refractivity contribution in [2.45, 2.75) is 25.8 Å². The molecule has 0 bridgehead atoms. The number of hydrogen-bond acceptors (Lipinski definition) is 5. The number of methoxy groups -OCH3 is 1. The van der Waals surface area contributed by atoms with Gasteiger partial charge < -0.3 is 15.2 Å². The second-order valence-corrected chi connectivity index (χ2v) is 5.92. The number of para-hydroxylation sites is 1. The molecule has 126 valence electrons. The number of aromatic nitrogens is 2. The molecule has 0 fully saturated rings. The van der Waals surface area contributed by atoms with Crippen LogP contribution in [0.4, 0.5) is 0 Å². The first kappa shape index (κ1) is 17.4. The Morgan fingerprint density at radius 3 is 2.38 bits per heavy atom. The summed E-state index contributed by atoms with van der Waals surface area (Å²) in [5.41, 5.74) is 0.268. The van der Waals surface area contributed by atoms with Gasteiger partial charge in [-0.15, -0.1) is 0 Å². The highest BCUT2D eigenvalue weighted by Crippen LogP contribution is 2.22. The molecule has 2 aromatic rings. The van der Waals surface area contributed by atoms with Gasteiger partial charge in [0.1, 0.15) is 11.4 Å². The Morgan fingerprint density at radius 1 is 1.17 bits per heavy atom. The summed E-state index contributed by atoms with van der Waals surface area (Å²) < 4.78 is 5.33. The summed E-state index contributed by atoms with van der Waals surface area (Å²) in [4.78, 5) is 30.6. The minimum atomic E-state index is -1.19. The van der Waals surface area contributed by atoms with Gasteiger partial charge in [0.2, 0.25) is 0 Å². The minimum absolute atomic E-state index is 0.0631. The predicted octanol–water partition coefficient (Wildman–Crippen LogP) is 1.93. The average Bonchev–Trinajstić information content (AvgIpc) is 2.54. The monoisotopic (exact) mass is 329 g/mol. The Kier molecular flexibility index (Phi) is 5.13. The Bertz CT molecular complexity index is 742. The fourth-order valence-corrected chi connectivity index (χ4v) is 2.30. The molecular weight excluding hydrogens is 310 g/mol. The Hall–Kier alpha value is -2.96. The molecule has 0 spiro atoms. The van der Waals surface area contributed by atoms with Crippen LogP contribution < -0.4 is 10.1 Å². The number of carbonyl (C=O) groups is 2. The number of carboxylic acid groups (broad SMARTS) is 1. The molecule has 0 unspecified atom stereocenters. The van der Waals surface area contributed by atoms with Gasteiger partial charge in [0.25, 0.3) is 5.91 Å². The van der Waals surface area contributed by atoms with E-state index in [0.717, 1.165) is 23.7 Å². The number of carboxylic acids is 1. The Labute approximate surface area is 139 Å². The van der Waals surface area contributed by atoms with E-state index in [-0.39, 0.29) is 11.4 Å². The molecule has 0 aliphatic carbocycles. The van der Waals surface area contributed by atoms with Crippen molar-refractivity contribution in [2.24, 2.45) is 0 Å². The number of carbonyl (C=O) groups excluding carboxylic acids is 1. The second kappa shape index (κ2) is 7.08. The summed E-state index contributed by atoms with van der Waals surface area (Å²) in [6.07, 6.45) is 2.77. The van der Waals surface area contributed by atoms with Crippen LogP contribution in [0, 0.1) is 0 Å². The first-order chi connectivity index (χ1) is 11.3. The number of rotatable bonds is 6. The molecule has 1 amide bonds. The van der Waals surface area contributed by atoms with Crippen LogP contribution in [0.15, 0.2) is 36.7 Å². The van der Waals surface area contributed by atoms with E-state index in [9.17, 15) is 9.59 Å². The molecule has 1 aromatic heterocycles. The van der Waals surface area contributed by atoms with E-state index in [1.807, 2.05) is 38.1 Å². The van der Waals surface area contributed by atoms with Gasteiger partial charge >= 0.3 is 5.97 Å². The van der Waals surface area contributed by atoms with Crippen molar-refractivity contribution >= 4 is 11.9 Å². The molecular formula is C17H19N3O4. The number of nitrogens with zero attached hydrogens (tertiary/aromatic N) is 2. The molecule has 0 atom stereocenters. The summed E-state index contributed by atoms with van der Waals surface area (Å²) in [5.74, 6) is -0.851. The smallest absolute Gasteiger partial charge is 0.356 e. The maximum absolute atomic E-state index is 12.3. The fraction of sp³-hybridized carbons (Fsp3) is 0.294. The third-order valence-corrected chi connectivity index (χ3v) is 3.38. The summed E-state index contributed by atoms with van der Waals surface area (Å²) in [5, 5.41) is 11.7. The third kappa shape index (κ3) is 4.28. The van der Waals surface area contributed by atoms with Gasteiger partial charge in [-0.25, -0.2) is 14.8 Å². The predicted molar refractivity (Wildman–Crippen MR) is 87.2 cm³/mol. The minimum Gasteiger partial charge on any atom is -0.496 e. The molecule has 0 radical (unpaired) electrons. The summed E-state index contributed by atoms with van der Waals surface area (Å²) in [6.45, 7) is 3.77. The van der Waals surface area contributed by atoms with E-state index in [2.05, 4.69) is 15.3 Å². The Balaban J connectivity index is 2.10. The van der Waals surface area contributed by atoms with Gasteiger partial charge in [0, 0.05) is 5.54 Å². The maximum atomic E-state index is 12.3. The van der Waals surface area contributed by atoms with Gasteiger partial charge in [-0.05, 0) is 31.9 Å². The zero-order valence-corrected chi connectivity index (χ0v) is 13.7. The van der Waals surface area contributed by atoms with Gasteiger partial charge in [-0.3, -0.25) is 4.79 Å². The molecule has 0 aliphatic heterocycles. The van der Waals surface area contributed by atoms with E-state index in [0.29, 0.717) is 6.42 Å². The van der Waals surface area contributed by atoms with Gasteiger partial charge in [-0.2, -0.15) is 0 Å². The van der Waals surface area contributed by atoms with Crippen molar-refractivity contribution in [1.29, 1.82) is 0 Å². The number of hydrogen-bond donors (Lipinski definition) is 2. The lowest BCUT2D eigenvalue weighted by molar-refractivity contribution is 0.0688. The van der Waals surface area contributed by atoms with Gasteiger partial charge in [0.15, 0.2) is 5.69 Å². The van der Waals surface area contributed by atoms with Crippen molar-refractivity contribution in [3.8, 4) is 5.75 Å². The van der Waals surface area contributed by atoms with Crippen LogP contribution in [-0.4, -0.2) is 39.6 Å². The van der Waals surface area contributed by atoms with E-state index < -0.39 is 17.4 Å². The molecule has 24 heavy (non-hydrogen) atoms. The van der Waals surface area contributed by atoms with Crippen LogP contribution in [0.2, 0.25) is 0 Å². The van der Waals surface area contributed by atoms with Crippen LogP contribution in [0.3, 0.4) is 0 Å². The summed E-state index contributed by atoms with van der Waals surface area (Å²) in [6, 6.07) is 7.59. The van der Waals surface area contributed by atoms with Crippen molar-refractivity contribution < 1.29 is 19.4 Å². The van der Waals surface area contributed by atoms with Crippen LogP contribution >= 0.6 is 0 Å². The largest absolute Gasteiger partial charge is 0.496 e. The normalized spacial score (nSPS) is 11.0.